The molecule has 88 valence electrons. The van der Waals surface area contributed by atoms with Crippen LogP contribution >= 0.6 is 0 Å². The Labute approximate surface area is 91.6 Å². The highest BCUT2D eigenvalue weighted by Crippen LogP contribution is 1.93. The maximum Gasteiger partial charge on any atom is 0.374 e. The lowest BCUT2D eigenvalue weighted by Crippen LogP contribution is -2.25. The molecule has 0 fully saturated rings. The summed E-state index contributed by atoms with van der Waals surface area (Å²) in [5.74, 6) is -1.14. The molecule has 0 saturated carbocycles. The number of hydrogen-bond acceptors (Lipinski definition) is 4. The zero-order valence-electron chi connectivity index (χ0n) is 9.91. The molecule has 0 unspecified atom stereocenters. The van der Waals surface area contributed by atoms with Gasteiger partial charge in [0.25, 0.3) is 0 Å². The molecule has 0 rings (SSSR count). The van der Waals surface area contributed by atoms with E-state index >= 15 is 0 Å². The number of ketones is 1. The number of ether oxygens (including phenoxy) is 1. The highest BCUT2D eigenvalue weighted by atomic mass is 16.5. The molecule has 4 nitrogen and oxygen atoms in total. The molecule has 0 atom stereocenters. The molecule has 0 aromatic heterocycles. The molecule has 0 aliphatic heterocycles. The van der Waals surface area contributed by atoms with Gasteiger partial charge in [-0.2, -0.15) is 0 Å². The predicted octanol–water partition coefficient (Wildman–Crippen LogP) is 1.24. The summed E-state index contributed by atoms with van der Waals surface area (Å²) in [6, 6.07) is 0. The molecule has 0 bridgehead atoms. The van der Waals surface area contributed by atoms with Gasteiger partial charge in [0.2, 0.25) is 5.78 Å². The fourth-order valence-corrected chi connectivity index (χ4v) is 1.22. The molecule has 0 N–H and O–H groups in total. The first-order valence-corrected chi connectivity index (χ1v) is 5.57. The second-order valence-electron chi connectivity index (χ2n) is 3.29. The average Bonchev–Trinajstić information content (AvgIpc) is 2.27. The quantitative estimate of drug-likeness (QED) is 0.347. The summed E-state index contributed by atoms with van der Waals surface area (Å²) in [4.78, 5) is 24.1. The van der Waals surface area contributed by atoms with Crippen molar-refractivity contribution >= 4 is 11.8 Å². The van der Waals surface area contributed by atoms with Gasteiger partial charge in [0.05, 0.1) is 6.61 Å². The van der Waals surface area contributed by atoms with Crippen molar-refractivity contribution in [2.75, 3.05) is 26.2 Å². The Kier molecular flexibility index (Phi) is 7.91. The molecule has 0 aromatic carbocycles. The van der Waals surface area contributed by atoms with Crippen LogP contribution in [-0.2, 0) is 14.3 Å². The Balaban J connectivity index is 3.54. The SMILES string of the molecule is CCC(=O)C(=O)OCCCN(CC)CC. The third-order valence-corrected chi connectivity index (χ3v) is 2.30. The highest BCUT2D eigenvalue weighted by Gasteiger charge is 2.11. The Morgan fingerprint density at radius 1 is 1.13 bits per heavy atom. The molecule has 0 amide bonds. The predicted molar refractivity (Wildman–Crippen MR) is 58.7 cm³/mol. The molecule has 4 heteroatoms. The average molecular weight is 215 g/mol. The van der Waals surface area contributed by atoms with E-state index in [0.29, 0.717) is 6.61 Å². The third kappa shape index (κ3) is 6.23. The molecule has 0 aliphatic carbocycles. The van der Waals surface area contributed by atoms with Crippen molar-refractivity contribution < 1.29 is 14.3 Å². The van der Waals surface area contributed by atoms with E-state index in [1.54, 1.807) is 6.92 Å². The minimum atomic E-state index is -0.697. The zero-order chi connectivity index (χ0) is 11.7. The Hall–Kier alpha value is -0.900. The summed E-state index contributed by atoms with van der Waals surface area (Å²) >= 11 is 0. The number of hydrogen-bond donors (Lipinski definition) is 0. The van der Waals surface area contributed by atoms with Gasteiger partial charge in [-0.25, -0.2) is 4.79 Å². The second-order valence-corrected chi connectivity index (χ2v) is 3.29. The molecule has 0 saturated heterocycles. The molecular formula is C11H21NO3. The first-order chi connectivity index (χ1) is 7.15. The second kappa shape index (κ2) is 8.41. The first kappa shape index (κ1) is 14.1. The van der Waals surface area contributed by atoms with Crippen LogP contribution in [0, 0.1) is 0 Å². The van der Waals surface area contributed by atoms with Crippen LogP contribution in [-0.4, -0.2) is 42.9 Å². The van der Waals surface area contributed by atoms with Crippen LogP contribution in [0.1, 0.15) is 33.6 Å². The monoisotopic (exact) mass is 215 g/mol. The van der Waals surface area contributed by atoms with Crippen LogP contribution in [0.15, 0.2) is 0 Å². The lowest BCUT2D eigenvalue weighted by atomic mass is 10.3. The smallest absolute Gasteiger partial charge is 0.374 e. The summed E-state index contributed by atoms with van der Waals surface area (Å²) in [5, 5.41) is 0. The van der Waals surface area contributed by atoms with Crippen LogP contribution in [0.5, 0.6) is 0 Å². The largest absolute Gasteiger partial charge is 0.460 e. The zero-order valence-corrected chi connectivity index (χ0v) is 9.91. The van der Waals surface area contributed by atoms with E-state index in [2.05, 4.69) is 18.7 Å². The van der Waals surface area contributed by atoms with Gasteiger partial charge in [-0.3, -0.25) is 4.79 Å². The lowest BCUT2D eigenvalue weighted by molar-refractivity contribution is -0.153. The molecule has 0 radical (unpaired) electrons. The van der Waals surface area contributed by atoms with Crippen LogP contribution in [0.2, 0.25) is 0 Å². The number of carbonyl (C=O) groups is 2. The van der Waals surface area contributed by atoms with Gasteiger partial charge in [-0.15, -0.1) is 0 Å². The lowest BCUT2D eigenvalue weighted by Gasteiger charge is -2.17. The summed E-state index contributed by atoms with van der Waals surface area (Å²) in [6.07, 6.45) is 0.999. The van der Waals surface area contributed by atoms with Gasteiger partial charge >= 0.3 is 5.97 Å². The Morgan fingerprint density at radius 2 is 1.73 bits per heavy atom. The molecule has 15 heavy (non-hydrogen) atoms. The number of carbonyl (C=O) groups excluding carboxylic acids is 2. The van der Waals surface area contributed by atoms with E-state index in [4.69, 9.17) is 4.74 Å². The van der Waals surface area contributed by atoms with E-state index < -0.39 is 11.8 Å². The van der Waals surface area contributed by atoms with Crippen molar-refractivity contribution in [3.63, 3.8) is 0 Å². The highest BCUT2D eigenvalue weighted by molar-refractivity contribution is 6.33. The van der Waals surface area contributed by atoms with Gasteiger partial charge in [-0.05, 0) is 19.5 Å². The van der Waals surface area contributed by atoms with Gasteiger partial charge < -0.3 is 9.64 Å². The van der Waals surface area contributed by atoms with Gasteiger partial charge in [0.1, 0.15) is 0 Å². The fourth-order valence-electron chi connectivity index (χ4n) is 1.22. The minimum Gasteiger partial charge on any atom is -0.460 e. The number of esters is 1. The van der Waals surface area contributed by atoms with E-state index in [0.717, 1.165) is 26.1 Å². The van der Waals surface area contributed by atoms with Crippen molar-refractivity contribution in [3.8, 4) is 0 Å². The fraction of sp³-hybridized carbons (Fsp3) is 0.818. The van der Waals surface area contributed by atoms with E-state index in [-0.39, 0.29) is 6.42 Å². The molecule has 0 aromatic rings. The van der Waals surface area contributed by atoms with E-state index in [1.807, 2.05) is 0 Å². The minimum absolute atomic E-state index is 0.217. The van der Waals surface area contributed by atoms with Crippen LogP contribution in [0.3, 0.4) is 0 Å². The maximum absolute atomic E-state index is 11.0. The summed E-state index contributed by atoms with van der Waals surface area (Å²) in [6.45, 7) is 9.07. The topological polar surface area (TPSA) is 46.6 Å². The van der Waals surface area contributed by atoms with Crippen LogP contribution in [0.25, 0.3) is 0 Å². The normalized spacial score (nSPS) is 10.4. The summed E-state index contributed by atoms with van der Waals surface area (Å²) in [5.41, 5.74) is 0. The maximum atomic E-state index is 11.0. The number of Topliss-reactive ketones (excluding diaryl/α,β-unsaturated/α-hetero) is 1. The van der Waals surface area contributed by atoms with Crippen molar-refractivity contribution in [1.82, 2.24) is 4.90 Å². The van der Waals surface area contributed by atoms with Gasteiger partial charge in [0, 0.05) is 13.0 Å². The van der Waals surface area contributed by atoms with Crippen molar-refractivity contribution in [2.24, 2.45) is 0 Å². The Morgan fingerprint density at radius 3 is 2.20 bits per heavy atom. The Bertz CT molecular complexity index is 200. The summed E-state index contributed by atoms with van der Waals surface area (Å²) in [7, 11) is 0. The van der Waals surface area contributed by atoms with Crippen molar-refractivity contribution in [3.05, 3.63) is 0 Å². The van der Waals surface area contributed by atoms with Crippen LogP contribution < -0.4 is 0 Å². The number of rotatable bonds is 8. The first-order valence-electron chi connectivity index (χ1n) is 5.57. The summed E-state index contributed by atoms with van der Waals surface area (Å²) < 4.78 is 4.82. The third-order valence-electron chi connectivity index (χ3n) is 2.30. The molecule has 0 spiro atoms. The molecule has 0 heterocycles. The van der Waals surface area contributed by atoms with Gasteiger partial charge in [0.15, 0.2) is 0 Å². The number of nitrogens with zero attached hydrogens (tertiary/aromatic N) is 1. The van der Waals surface area contributed by atoms with Crippen LogP contribution in [0.4, 0.5) is 0 Å². The van der Waals surface area contributed by atoms with E-state index in [1.165, 1.54) is 0 Å². The standard InChI is InChI=1S/C11H21NO3/c1-4-10(13)11(14)15-9-7-8-12(5-2)6-3/h4-9H2,1-3H3. The van der Waals surface area contributed by atoms with Crippen molar-refractivity contribution in [1.29, 1.82) is 0 Å². The van der Waals surface area contributed by atoms with Crippen molar-refractivity contribution in [2.45, 2.75) is 33.6 Å². The molecule has 0 aliphatic rings. The van der Waals surface area contributed by atoms with Gasteiger partial charge in [-0.1, -0.05) is 20.8 Å². The molecular weight excluding hydrogens is 194 g/mol. The van der Waals surface area contributed by atoms with E-state index in [9.17, 15) is 9.59 Å².